The molecule has 0 bridgehead atoms. The summed E-state index contributed by atoms with van der Waals surface area (Å²) in [6.45, 7) is 6.35. The maximum atomic E-state index is 11.0. The highest BCUT2D eigenvalue weighted by molar-refractivity contribution is 5.85. The fourth-order valence-electron chi connectivity index (χ4n) is 2.47. The van der Waals surface area contributed by atoms with Crippen LogP contribution < -0.4 is 0 Å². The summed E-state index contributed by atoms with van der Waals surface area (Å²) < 4.78 is 5.25. The third-order valence-corrected chi connectivity index (χ3v) is 3.67. The van der Waals surface area contributed by atoms with Gasteiger partial charge in [0.25, 0.3) is 0 Å². The number of halogens is 1. The zero-order valence-electron chi connectivity index (χ0n) is 12.6. The van der Waals surface area contributed by atoms with E-state index in [1.54, 1.807) is 0 Å². The van der Waals surface area contributed by atoms with Gasteiger partial charge in [0.15, 0.2) is 5.82 Å². The molecule has 1 N–H and O–H groups in total. The van der Waals surface area contributed by atoms with Crippen LogP contribution in [0.15, 0.2) is 4.52 Å². The topological polar surface area (TPSA) is 79.5 Å². The minimum absolute atomic E-state index is 0. The number of aliphatic carboxylic acids is 1. The number of aryl methyl sites for hydroxylation is 1. The smallest absolute Gasteiger partial charge is 0.307 e. The van der Waals surface area contributed by atoms with Crippen LogP contribution in [0.2, 0.25) is 0 Å². The quantitative estimate of drug-likeness (QED) is 0.867. The summed E-state index contributed by atoms with van der Waals surface area (Å²) in [7, 11) is 0. The number of carboxylic acid groups (broad SMARTS) is 1. The molecule has 0 spiro atoms. The highest BCUT2D eigenvalue weighted by atomic mass is 35.5. The summed E-state index contributed by atoms with van der Waals surface area (Å²) in [6.07, 6.45) is 3.54. The van der Waals surface area contributed by atoms with Gasteiger partial charge in [-0.25, -0.2) is 0 Å². The molecule has 120 valence electrons. The normalized spacial score (nSPS) is 19.5. The Hall–Kier alpha value is -1.14. The molecule has 1 aliphatic rings. The van der Waals surface area contributed by atoms with E-state index in [-0.39, 0.29) is 18.3 Å². The molecule has 1 aromatic rings. The average Bonchev–Trinajstić information content (AvgIpc) is 2.84. The lowest BCUT2D eigenvalue weighted by atomic mass is 9.98. The second kappa shape index (κ2) is 8.34. The first-order valence-corrected chi connectivity index (χ1v) is 7.31. The standard InChI is InChI=1S/C14H23N3O3.ClH/c1-10(2)5-6-12-15-13(20-16-12)9-17-7-3-4-11(8-17)14(18)19;/h10-11H,3-9H2,1-2H3,(H,18,19);1H. The van der Waals surface area contributed by atoms with Crippen molar-refractivity contribution in [2.75, 3.05) is 13.1 Å². The second-order valence-corrected chi connectivity index (χ2v) is 5.95. The van der Waals surface area contributed by atoms with Gasteiger partial charge in [-0.15, -0.1) is 12.4 Å². The molecule has 0 aliphatic carbocycles. The van der Waals surface area contributed by atoms with Gasteiger partial charge < -0.3 is 9.63 Å². The van der Waals surface area contributed by atoms with Gasteiger partial charge in [0.2, 0.25) is 5.89 Å². The monoisotopic (exact) mass is 317 g/mol. The first-order chi connectivity index (χ1) is 9.54. The van der Waals surface area contributed by atoms with Gasteiger partial charge in [-0.05, 0) is 31.7 Å². The Labute approximate surface area is 131 Å². The summed E-state index contributed by atoms with van der Waals surface area (Å²) >= 11 is 0. The van der Waals surface area contributed by atoms with Crippen molar-refractivity contribution < 1.29 is 14.4 Å². The summed E-state index contributed by atoms with van der Waals surface area (Å²) in [5.41, 5.74) is 0. The number of hydrogen-bond donors (Lipinski definition) is 1. The molecular formula is C14H24ClN3O3. The molecule has 2 heterocycles. The Bertz CT molecular complexity index is 450. The first kappa shape index (κ1) is 17.9. The molecule has 7 heteroatoms. The molecule has 0 saturated carbocycles. The molecule has 21 heavy (non-hydrogen) atoms. The van der Waals surface area contributed by atoms with Crippen LogP contribution >= 0.6 is 12.4 Å². The number of piperidine rings is 1. The lowest BCUT2D eigenvalue weighted by Crippen LogP contribution is -2.38. The Balaban J connectivity index is 0.00000220. The Morgan fingerprint density at radius 2 is 2.29 bits per heavy atom. The molecule has 0 amide bonds. The van der Waals surface area contributed by atoms with Crippen molar-refractivity contribution in [3.63, 3.8) is 0 Å². The number of nitrogens with zero attached hydrogens (tertiary/aromatic N) is 3. The van der Waals surface area contributed by atoms with Gasteiger partial charge in [0.05, 0.1) is 12.5 Å². The second-order valence-electron chi connectivity index (χ2n) is 5.95. The van der Waals surface area contributed by atoms with E-state index in [0.29, 0.717) is 24.9 Å². The van der Waals surface area contributed by atoms with Gasteiger partial charge in [0.1, 0.15) is 0 Å². The molecule has 1 aromatic heterocycles. The summed E-state index contributed by atoms with van der Waals surface area (Å²) in [5.74, 6) is 0.982. The van der Waals surface area contributed by atoms with Crippen molar-refractivity contribution in [2.45, 2.75) is 46.1 Å². The van der Waals surface area contributed by atoms with Gasteiger partial charge in [0, 0.05) is 13.0 Å². The van der Waals surface area contributed by atoms with E-state index in [9.17, 15) is 4.79 Å². The number of carboxylic acids is 1. The van der Waals surface area contributed by atoms with Crippen LogP contribution in [0.1, 0.15) is 44.8 Å². The van der Waals surface area contributed by atoms with Crippen LogP contribution in [0.25, 0.3) is 0 Å². The Morgan fingerprint density at radius 3 is 2.95 bits per heavy atom. The van der Waals surface area contributed by atoms with Crippen molar-refractivity contribution in [3.05, 3.63) is 11.7 Å². The van der Waals surface area contributed by atoms with Crippen molar-refractivity contribution in [1.29, 1.82) is 0 Å². The van der Waals surface area contributed by atoms with Crippen LogP contribution in [0.3, 0.4) is 0 Å². The van der Waals surface area contributed by atoms with Crippen molar-refractivity contribution in [3.8, 4) is 0 Å². The SMILES string of the molecule is CC(C)CCc1noc(CN2CCCC(C(=O)O)C2)n1.Cl. The zero-order chi connectivity index (χ0) is 14.5. The number of likely N-dealkylation sites (tertiary alicyclic amines) is 1. The Kier molecular flexibility index (Phi) is 7.11. The van der Waals surface area contributed by atoms with E-state index in [2.05, 4.69) is 28.9 Å². The molecule has 1 fully saturated rings. The summed E-state index contributed by atoms with van der Waals surface area (Å²) in [5, 5.41) is 13.0. The predicted molar refractivity (Wildman–Crippen MR) is 80.3 cm³/mol. The number of hydrogen-bond acceptors (Lipinski definition) is 5. The zero-order valence-corrected chi connectivity index (χ0v) is 13.4. The van der Waals surface area contributed by atoms with E-state index in [1.807, 2.05) is 0 Å². The molecule has 1 aliphatic heterocycles. The van der Waals surface area contributed by atoms with Crippen molar-refractivity contribution in [2.24, 2.45) is 11.8 Å². The maximum Gasteiger partial charge on any atom is 0.307 e. The molecular weight excluding hydrogens is 294 g/mol. The van der Waals surface area contributed by atoms with Crippen LogP contribution in [0, 0.1) is 11.8 Å². The van der Waals surface area contributed by atoms with Crippen LogP contribution in [-0.2, 0) is 17.8 Å². The number of aromatic nitrogens is 2. The van der Waals surface area contributed by atoms with Crippen molar-refractivity contribution >= 4 is 18.4 Å². The van der Waals surface area contributed by atoms with E-state index < -0.39 is 5.97 Å². The third-order valence-electron chi connectivity index (χ3n) is 3.67. The van der Waals surface area contributed by atoms with Crippen LogP contribution in [0.4, 0.5) is 0 Å². The lowest BCUT2D eigenvalue weighted by molar-refractivity contribution is -0.143. The third kappa shape index (κ3) is 5.63. The molecule has 1 unspecified atom stereocenters. The van der Waals surface area contributed by atoms with Crippen LogP contribution in [-0.4, -0.2) is 39.2 Å². The Morgan fingerprint density at radius 1 is 1.52 bits per heavy atom. The van der Waals surface area contributed by atoms with E-state index in [4.69, 9.17) is 9.63 Å². The van der Waals surface area contributed by atoms with Crippen molar-refractivity contribution in [1.82, 2.24) is 15.0 Å². The highest BCUT2D eigenvalue weighted by Gasteiger charge is 2.26. The lowest BCUT2D eigenvalue weighted by Gasteiger charge is -2.29. The van der Waals surface area contributed by atoms with Gasteiger partial charge in [-0.1, -0.05) is 19.0 Å². The molecule has 0 aromatic carbocycles. The molecule has 2 rings (SSSR count). The van der Waals surface area contributed by atoms with Crippen LogP contribution in [0.5, 0.6) is 0 Å². The fourth-order valence-corrected chi connectivity index (χ4v) is 2.47. The van der Waals surface area contributed by atoms with E-state index in [0.717, 1.165) is 38.1 Å². The number of carbonyl (C=O) groups is 1. The van der Waals surface area contributed by atoms with E-state index in [1.165, 1.54) is 0 Å². The minimum atomic E-state index is -0.710. The molecule has 1 atom stereocenters. The van der Waals surface area contributed by atoms with Gasteiger partial charge in [-0.2, -0.15) is 4.98 Å². The largest absolute Gasteiger partial charge is 0.481 e. The minimum Gasteiger partial charge on any atom is -0.481 e. The fraction of sp³-hybridized carbons (Fsp3) is 0.786. The predicted octanol–water partition coefficient (Wildman–Crippen LogP) is 2.38. The molecule has 0 radical (unpaired) electrons. The van der Waals surface area contributed by atoms with Gasteiger partial charge >= 0.3 is 5.97 Å². The summed E-state index contributed by atoms with van der Waals surface area (Å²) in [6, 6.07) is 0. The average molecular weight is 318 g/mol. The maximum absolute atomic E-state index is 11.0. The highest BCUT2D eigenvalue weighted by Crippen LogP contribution is 2.18. The molecule has 1 saturated heterocycles. The van der Waals surface area contributed by atoms with E-state index >= 15 is 0 Å². The first-order valence-electron chi connectivity index (χ1n) is 7.31. The number of rotatable bonds is 6. The molecule has 6 nitrogen and oxygen atoms in total. The summed E-state index contributed by atoms with van der Waals surface area (Å²) in [4.78, 5) is 17.5. The van der Waals surface area contributed by atoms with Gasteiger partial charge in [-0.3, -0.25) is 9.69 Å².